The minimum atomic E-state index is 0.0183. The molecule has 0 heterocycles. The average molecular weight is 303 g/mol. The highest BCUT2D eigenvalue weighted by molar-refractivity contribution is 5.78. The molecule has 0 spiro atoms. The zero-order valence-corrected chi connectivity index (χ0v) is 13.5. The van der Waals surface area contributed by atoms with Crippen LogP contribution in [0.5, 0.6) is 0 Å². The lowest BCUT2D eigenvalue weighted by molar-refractivity contribution is 0.282. The van der Waals surface area contributed by atoms with Gasteiger partial charge in [0.05, 0.1) is 12.3 Å². The zero-order valence-electron chi connectivity index (χ0n) is 13.5. The standard InChI is InChI=1S/C21H21NO/c1-16-7-11-19(12-8-16)22(20-13-9-17(2)10-14-20)21-6-4-3-5-18(21)15-23/h3-14,23H,15H2,1-2H3. The van der Waals surface area contributed by atoms with Crippen molar-refractivity contribution in [2.75, 3.05) is 4.90 Å². The maximum Gasteiger partial charge on any atom is 0.0702 e. The fourth-order valence-electron chi connectivity index (χ4n) is 2.68. The lowest BCUT2D eigenvalue weighted by atomic mass is 10.1. The maximum absolute atomic E-state index is 9.72. The van der Waals surface area contributed by atoms with Gasteiger partial charge in [-0.15, -0.1) is 0 Å². The van der Waals surface area contributed by atoms with Crippen LogP contribution in [0.4, 0.5) is 17.1 Å². The Balaban J connectivity index is 2.17. The average Bonchev–Trinajstić information content (AvgIpc) is 2.59. The number of para-hydroxylation sites is 1. The quantitative estimate of drug-likeness (QED) is 0.710. The first-order chi connectivity index (χ1) is 11.2. The number of aryl methyl sites for hydroxylation is 2. The molecule has 23 heavy (non-hydrogen) atoms. The molecule has 0 aromatic heterocycles. The Morgan fingerprint density at radius 3 is 1.65 bits per heavy atom. The number of nitrogens with zero attached hydrogens (tertiary/aromatic N) is 1. The highest BCUT2D eigenvalue weighted by Gasteiger charge is 2.15. The van der Waals surface area contributed by atoms with Crippen LogP contribution in [0.15, 0.2) is 72.8 Å². The van der Waals surface area contributed by atoms with E-state index >= 15 is 0 Å². The number of aliphatic hydroxyl groups is 1. The Bertz CT molecular complexity index is 730. The molecule has 1 N–H and O–H groups in total. The summed E-state index contributed by atoms with van der Waals surface area (Å²) < 4.78 is 0. The monoisotopic (exact) mass is 303 g/mol. The van der Waals surface area contributed by atoms with Crippen LogP contribution in [0.25, 0.3) is 0 Å². The summed E-state index contributed by atoms with van der Waals surface area (Å²) in [5.74, 6) is 0. The van der Waals surface area contributed by atoms with Crippen molar-refractivity contribution in [3.63, 3.8) is 0 Å². The van der Waals surface area contributed by atoms with E-state index in [0.29, 0.717) is 0 Å². The number of benzene rings is 3. The van der Waals surface area contributed by atoms with E-state index < -0.39 is 0 Å². The van der Waals surface area contributed by atoms with Crippen LogP contribution in [-0.2, 0) is 6.61 Å². The van der Waals surface area contributed by atoms with Gasteiger partial charge in [-0.2, -0.15) is 0 Å². The van der Waals surface area contributed by atoms with E-state index in [4.69, 9.17) is 0 Å². The molecule has 0 radical (unpaired) electrons. The lowest BCUT2D eigenvalue weighted by Crippen LogP contribution is -2.12. The van der Waals surface area contributed by atoms with Gasteiger partial charge in [-0.05, 0) is 44.2 Å². The molecule has 0 aliphatic rings. The van der Waals surface area contributed by atoms with Gasteiger partial charge in [0.25, 0.3) is 0 Å². The highest BCUT2D eigenvalue weighted by atomic mass is 16.3. The summed E-state index contributed by atoms with van der Waals surface area (Å²) in [4.78, 5) is 2.18. The summed E-state index contributed by atoms with van der Waals surface area (Å²) in [6.07, 6.45) is 0. The molecule has 2 nitrogen and oxygen atoms in total. The normalized spacial score (nSPS) is 10.6. The van der Waals surface area contributed by atoms with Crippen molar-refractivity contribution in [3.8, 4) is 0 Å². The largest absolute Gasteiger partial charge is 0.392 e. The van der Waals surface area contributed by atoms with Crippen LogP contribution >= 0.6 is 0 Å². The molecular formula is C21H21NO. The molecule has 3 aromatic rings. The molecule has 0 fully saturated rings. The van der Waals surface area contributed by atoms with E-state index in [-0.39, 0.29) is 6.61 Å². The molecule has 0 unspecified atom stereocenters. The number of anilines is 3. The van der Waals surface area contributed by atoms with Crippen molar-refractivity contribution < 1.29 is 5.11 Å². The highest BCUT2D eigenvalue weighted by Crippen LogP contribution is 2.36. The number of aliphatic hydroxyl groups excluding tert-OH is 1. The fraction of sp³-hybridized carbons (Fsp3) is 0.143. The molecule has 0 aliphatic heterocycles. The summed E-state index contributed by atoms with van der Waals surface area (Å²) in [7, 11) is 0. The van der Waals surface area contributed by atoms with Crippen molar-refractivity contribution in [1.82, 2.24) is 0 Å². The van der Waals surface area contributed by atoms with Crippen LogP contribution in [0.3, 0.4) is 0 Å². The van der Waals surface area contributed by atoms with E-state index in [1.165, 1.54) is 11.1 Å². The van der Waals surface area contributed by atoms with Crippen LogP contribution in [0.1, 0.15) is 16.7 Å². The van der Waals surface area contributed by atoms with Gasteiger partial charge in [0.1, 0.15) is 0 Å². The zero-order chi connectivity index (χ0) is 16.2. The molecular weight excluding hydrogens is 282 g/mol. The van der Waals surface area contributed by atoms with E-state index in [9.17, 15) is 5.11 Å². The Morgan fingerprint density at radius 1 is 0.696 bits per heavy atom. The molecule has 0 amide bonds. The Hall–Kier alpha value is -2.58. The van der Waals surface area contributed by atoms with Crippen molar-refractivity contribution in [2.45, 2.75) is 20.5 Å². The van der Waals surface area contributed by atoms with Crippen molar-refractivity contribution in [1.29, 1.82) is 0 Å². The molecule has 0 saturated heterocycles. The van der Waals surface area contributed by atoms with E-state index in [1.54, 1.807) is 0 Å². The van der Waals surface area contributed by atoms with Crippen molar-refractivity contribution in [2.24, 2.45) is 0 Å². The summed E-state index contributed by atoms with van der Waals surface area (Å²) in [6.45, 7) is 4.19. The van der Waals surface area contributed by atoms with Gasteiger partial charge in [0, 0.05) is 16.9 Å². The fourth-order valence-corrected chi connectivity index (χ4v) is 2.68. The second-order valence-electron chi connectivity index (χ2n) is 5.79. The number of rotatable bonds is 4. The van der Waals surface area contributed by atoms with Gasteiger partial charge >= 0.3 is 0 Å². The molecule has 0 aliphatic carbocycles. The minimum Gasteiger partial charge on any atom is -0.392 e. The molecule has 0 bridgehead atoms. The second kappa shape index (κ2) is 6.67. The van der Waals surface area contributed by atoms with E-state index in [1.807, 2.05) is 24.3 Å². The van der Waals surface area contributed by atoms with E-state index in [2.05, 4.69) is 67.3 Å². The smallest absolute Gasteiger partial charge is 0.0702 e. The Morgan fingerprint density at radius 2 is 1.17 bits per heavy atom. The maximum atomic E-state index is 9.72. The van der Waals surface area contributed by atoms with Gasteiger partial charge in [0.15, 0.2) is 0 Å². The van der Waals surface area contributed by atoms with Gasteiger partial charge in [-0.1, -0.05) is 53.6 Å². The number of hydrogen-bond donors (Lipinski definition) is 1. The van der Waals surface area contributed by atoms with Crippen LogP contribution in [0.2, 0.25) is 0 Å². The molecule has 3 rings (SSSR count). The first-order valence-corrected chi connectivity index (χ1v) is 7.81. The number of hydrogen-bond acceptors (Lipinski definition) is 2. The predicted octanol–water partition coefficient (Wildman–Crippen LogP) is 5.27. The third-order valence-electron chi connectivity index (χ3n) is 3.99. The molecule has 116 valence electrons. The van der Waals surface area contributed by atoms with Crippen molar-refractivity contribution in [3.05, 3.63) is 89.5 Å². The third kappa shape index (κ3) is 3.27. The lowest BCUT2D eigenvalue weighted by Gasteiger charge is -2.27. The first-order valence-electron chi connectivity index (χ1n) is 7.81. The minimum absolute atomic E-state index is 0.0183. The second-order valence-corrected chi connectivity index (χ2v) is 5.79. The molecule has 2 heteroatoms. The van der Waals surface area contributed by atoms with Gasteiger partial charge in [0.2, 0.25) is 0 Å². The summed E-state index contributed by atoms with van der Waals surface area (Å²) in [5, 5.41) is 9.72. The molecule has 0 saturated carbocycles. The first kappa shape index (κ1) is 15.3. The summed E-state index contributed by atoms with van der Waals surface area (Å²) >= 11 is 0. The van der Waals surface area contributed by atoms with Gasteiger partial charge in [-0.3, -0.25) is 0 Å². The third-order valence-corrected chi connectivity index (χ3v) is 3.99. The SMILES string of the molecule is Cc1ccc(N(c2ccc(C)cc2)c2ccccc2CO)cc1. The Labute approximate surface area is 137 Å². The topological polar surface area (TPSA) is 23.5 Å². The molecule has 3 aromatic carbocycles. The summed E-state index contributed by atoms with van der Waals surface area (Å²) in [6, 6.07) is 24.9. The van der Waals surface area contributed by atoms with Gasteiger partial charge < -0.3 is 10.0 Å². The van der Waals surface area contributed by atoms with Crippen LogP contribution in [0, 0.1) is 13.8 Å². The van der Waals surface area contributed by atoms with Crippen LogP contribution in [-0.4, -0.2) is 5.11 Å². The van der Waals surface area contributed by atoms with Gasteiger partial charge in [-0.25, -0.2) is 0 Å². The van der Waals surface area contributed by atoms with Crippen LogP contribution < -0.4 is 4.90 Å². The Kier molecular flexibility index (Phi) is 4.45. The summed E-state index contributed by atoms with van der Waals surface area (Å²) in [5.41, 5.74) is 6.54. The predicted molar refractivity (Wildman–Crippen MR) is 96.5 cm³/mol. The van der Waals surface area contributed by atoms with E-state index in [0.717, 1.165) is 22.6 Å². The molecule has 0 atom stereocenters. The van der Waals surface area contributed by atoms with Crippen molar-refractivity contribution >= 4 is 17.1 Å².